The molecule has 0 amide bonds. The fourth-order valence-electron chi connectivity index (χ4n) is 17.3. The molecule has 0 bridgehead atoms. The summed E-state index contributed by atoms with van der Waals surface area (Å²) < 4.78 is 19.2. The number of rotatable bonds is 16. The van der Waals surface area contributed by atoms with Gasteiger partial charge in [-0.05, 0) is 208 Å². The van der Waals surface area contributed by atoms with Gasteiger partial charge >= 0.3 is 34.0 Å². The molecule has 1 N–H and O–H groups in total. The van der Waals surface area contributed by atoms with Crippen molar-refractivity contribution in [3.05, 3.63) is 503 Å². The predicted octanol–water partition coefficient (Wildman–Crippen LogP) is 27.1. The molecule has 0 saturated heterocycles. The van der Waals surface area contributed by atoms with Crippen molar-refractivity contribution in [3.63, 3.8) is 0 Å². The number of H-pyrrole nitrogens is 1. The van der Waals surface area contributed by atoms with Crippen molar-refractivity contribution >= 4 is 163 Å². The minimum Gasteiger partial charge on any atom is -0.868 e. The van der Waals surface area contributed by atoms with Gasteiger partial charge in [-0.3, -0.25) is 24.9 Å². The second-order valence-electron chi connectivity index (χ2n) is 32.7. The summed E-state index contributed by atoms with van der Waals surface area (Å²) in [6, 6.07) is 159. The van der Waals surface area contributed by atoms with Gasteiger partial charge in [-0.25, -0.2) is 4.98 Å². The van der Waals surface area contributed by atoms with Gasteiger partial charge in [0, 0.05) is 128 Å². The number of nitrogens with zero attached hydrogens (tertiary/aromatic N) is 8. The summed E-state index contributed by atoms with van der Waals surface area (Å²) in [6.45, 7) is 7.99. The van der Waals surface area contributed by atoms with Crippen LogP contribution in [0.15, 0.2) is 486 Å². The molecule has 7 aromatic heterocycles. The van der Waals surface area contributed by atoms with E-state index in [9.17, 15) is 5.11 Å². The number of fused-ring (bicyclic) bond motifs is 10. The third-order valence-corrected chi connectivity index (χ3v) is 24.9. The van der Waals surface area contributed by atoms with Crippen LogP contribution in [0.5, 0.6) is 23.0 Å². The number of benzene rings is 17. The van der Waals surface area contributed by atoms with Crippen LogP contribution >= 0.6 is 9.12 Å². The fraction of sp³-hybridized carbons (Fsp3) is 0.0246. The van der Waals surface area contributed by atoms with E-state index in [-0.39, 0.29) is 44.7 Å². The number of anilines is 6. The van der Waals surface area contributed by atoms with Crippen LogP contribution in [-0.4, -0.2) is 52.1 Å². The van der Waals surface area contributed by atoms with Gasteiger partial charge in [0.2, 0.25) is 5.52 Å². The summed E-state index contributed by atoms with van der Waals surface area (Å²) in [4.78, 5) is 35.4. The van der Waals surface area contributed by atoms with E-state index in [0.717, 1.165) is 117 Å². The third-order valence-electron chi connectivity index (χ3n) is 23.6. The molecular formula is C122H92AlBIrLiN9O4P. The Morgan fingerprint density at radius 3 is 1.11 bits per heavy atom. The summed E-state index contributed by atoms with van der Waals surface area (Å²) in [5.41, 5.74) is 22.9. The normalized spacial score (nSPS) is 10.6. The Hall–Kier alpha value is -15.8. The zero-order valence-corrected chi connectivity index (χ0v) is 82.2. The third kappa shape index (κ3) is 22.2. The van der Waals surface area contributed by atoms with E-state index in [1.165, 1.54) is 65.7 Å². The van der Waals surface area contributed by atoms with Gasteiger partial charge in [0.15, 0.2) is 6.20 Å². The van der Waals surface area contributed by atoms with Gasteiger partial charge in [0.1, 0.15) is 40.8 Å². The first-order valence-corrected chi connectivity index (χ1v) is 47.8. The van der Waals surface area contributed by atoms with E-state index in [4.69, 9.17) is 21.3 Å². The van der Waals surface area contributed by atoms with E-state index in [1.54, 1.807) is 36.9 Å². The molecule has 1 unspecified atom stereocenters. The van der Waals surface area contributed by atoms with Crippen molar-refractivity contribution in [2.45, 2.75) is 20.7 Å². The second kappa shape index (κ2) is 46.4. The molecule has 0 aliphatic carbocycles. The molecule has 18 heteroatoms. The van der Waals surface area contributed by atoms with Crippen molar-refractivity contribution in [2.75, 3.05) is 9.80 Å². The van der Waals surface area contributed by atoms with Crippen LogP contribution in [0.4, 0.5) is 34.1 Å². The average molecular weight is 2020 g/mol. The van der Waals surface area contributed by atoms with E-state index < -0.39 is 15.1 Å². The molecule has 24 aromatic rings. The number of hydrogen-bond acceptors (Lipinski definition) is 12. The second-order valence-corrected chi connectivity index (χ2v) is 34.6. The van der Waals surface area contributed by atoms with Gasteiger partial charge in [0.25, 0.3) is 0 Å². The Morgan fingerprint density at radius 1 is 0.321 bits per heavy atom. The van der Waals surface area contributed by atoms with Crippen LogP contribution in [0, 0.1) is 19.9 Å². The van der Waals surface area contributed by atoms with Gasteiger partial charge in [-0.1, -0.05) is 304 Å². The summed E-state index contributed by atoms with van der Waals surface area (Å²) in [6.07, 6.45) is 8.84. The van der Waals surface area contributed by atoms with Gasteiger partial charge in [-0.2, -0.15) is 9.12 Å². The minimum absolute atomic E-state index is 0. The van der Waals surface area contributed by atoms with Crippen LogP contribution < -0.4 is 50.1 Å². The van der Waals surface area contributed by atoms with E-state index in [2.05, 4.69) is 343 Å². The van der Waals surface area contributed by atoms with Crippen LogP contribution in [-0.2, 0) is 20.1 Å². The Morgan fingerprint density at radius 2 is 0.679 bits per heavy atom. The zero-order chi connectivity index (χ0) is 93.7. The molecule has 0 aliphatic heterocycles. The molecule has 7 heterocycles. The Bertz CT molecular complexity index is 7840. The molecule has 17 aromatic carbocycles. The smallest absolute Gasteiger partial charge is 0.868 e. The van der Waals surface area contributed by atoms with Crippen molar-refractivity contribution in [1.29, 1.82) is 0 Å². The Balaban J connectivity index is 0.000000127. The quantitative estimate of drug-likeness (QED) is 0.0392. The van der Waals surface area contributed by atoms with Gasteiger partial charge in [0.05, 0.1) is 22.4 Å². The summed E-state index contributed by atoms with van der Waals surface area (Å²) in [5.74, 6) is 1.87. The molecule has 670 valence electrons. The van der Waals surface area contributed by atoms with E-state index >= 15 is 0 Å². The van der Waals surface area contributed by atoms with Crippen LogP contribution in [0.25, 0.3) is 142 Å². The van der Waals surface area contributed by atoms with Gasteiger partial charge < -0.3 is 31.3 Å². The monoisotopic (exact) mass is 2020 g/mol. The summed E-state index contributed by atoms with van der Waals surface area (Å²) in [5, 5.41) is 24.6. The summed E-state index contributed by atoms with van der Waals surface area (Å²) in [7, 11) is 2.45. The molecule has 13 nitrogen and oxygen atoms in total. The zero-order valence-electron chi connectivity index (χ0n) is 77.5. The largest absolute Gasteiger partial charge is 1.20 e. The summed E-state index contributed by atoms with van der Waals surface area (Å²) >= 11 is -2.86. The Labute approximate surface area is 847 Å². The predicted molar refractivity (Wildman–Crippen MR) is 574 cm³/mol. The first-order valence-electron chi connectivity index (χ1n) is 45.7. The number of aromatic amines is 1. The SMILES string of the molecule is C[B]P.Cc1cc(-c2ccccc2)c2ccc3c(-c4ccccc4)cc(C)nc3c2n1.[Ir].[Li+].[O-]c1cccc2ccc[nH+]c12.[c-]1ccccc1-c1nccc2ccccc12.c1ccc(N(c2ccc(-c3ccc(N(c4ccccc4)c4cccc5ccccc45)cc3)cc2)c2cccc3ccccc23)cc1.c1cnc2c([O][Al]([O]c3cccc4cccnc34)[O]c3cccc4cccnc34)cccc2c1. The first kappa shape index (κ1) is 95.9. The molecule has 0 saturated carbocycles. The number of pyridine rings is 7. The average Bonchev–Trinajstić information content (AvgIpc) is 0.754. The van der Waals surface area contributed by atoms with E-state index in [1.807, 2.05) is 184 Å². The minimum atomic E-state index is -2.86. The molecule has 0 aliphatic rings. The van der Waals surface area contributed by atoms with Gasteiger partial charge in [-0.15, -0.1) is 35.9 Å². The molecule has 1 atom stereocenters. The fourth-order valence-corrected chi connectivity index (χ4v) is 18.6. The van der Waals surface area contributed by atoms with E-state index in [0.29, 0.717) is 22.8 Å². The maximum Gasteiger partial charge on any atom is 1.20 e. The number of hydrogen-bond donors (Lipinski definition) is 0. The van der Waals surface area contributed by atoms with Crippen LogP contribution in [0.1, 0.15) is 11.4 Å². The maximum absolute atomic E-state index is 11.1. The van der Waals surface area contributed by atoms with Crippen molar-refractivity contribution < 1.29 is 60.4 Å². The molecule has 2 radical (unpaired) electrons. The van der Waals surface area contributed by atoms with Crippen molar-refractivity contribution in [1.82, 2.24) is 29.9 Å². The van der Waals surface area contributed by atoms with Crippen molar-refractivity contribution in [3.8, 4) is 67.6 Å². The molecule has 0 spiro atoms. The first-order chi connectivity index (χ1) is 68.1. The topological polar surface area (TPSA) is 149 Å². The molecule has 0 fully saturated rings. The standard InChI is InChI=1S/C44H32N2.C26H20N2.C15H10N.4C9H7NO.CH5BP.Al.Ir.Li/c1-3-17-37(18-4-1)45(43-23-11-15-35-13-7-9-21-41(35)43)39-29-25-33(26-30-39)34-27-31-40(32-28-34)46(38-19-5-2-6-20-38)44-24-12-16-36-14-8-10-22-42(36)44;1-17-15-23(19-9-5-3-6-10-19)21-13-14-22-24(20-11-7-4-8-12-20)16-18(2)28-26(22)25(21)27-17;1-2-7-13(8-3-1)15-14-9-5-4-6-12(14)10-11-16-15;4*11-8-5-1-3-7-4-2-6-10-9(7)8;1-2-3;;;/h1-32H;3-16H,1-2H3;1-7,9-11H;4*1-6,11H;3H2,1H3;;;/q;;-1;;;;;;+3;;+1/p-3. The van der Waals surface area contributed by atoms with Crippen LogP contribution in [0.3, 0.4) is 0 Å². The molecule has 140 heavy (non-hydrogen) atoms. The number of aryl methyl sites for hydroxylation is 2. The van der Waals surface area contributed by atoms with Crippen molar-refractivity contribution in [2.24, 2.45) is 0 Å². The Kier molecular flexibility index (Phi) is 31.8. The number of aromatic nitrogens is 7. The number of nitrogens with one attached hydrogen (secondary N) is 1. The maximum atomic E-state index is 11.1. The number of para-hydroxylation sites is 6. The van der Waals surface area contributed by atoms with Crippen LogP contribution in [0.2, 0.25) is 6.82 Å². The molecular weight excluding hydrogens is 1920 g/mol. The molecule has 24 rings (SSSR count).